The quantitative estimate of drug-likeness (QED) is 0.456. The summed E-state index contributed by atoms with van der Waals surface area (Å²) in [5.41, 5.74) is 4.11. The average Bonchev–Trinajstić information content (AvgIpc) is 3.17. The molecule has 1 unspecified atom stereocenters. The third kappa shape index (κ3) is 2.53. The molecule has 5 rings (SSSR count). The summed E-state index contributed by atoms with van der Waals surface area (Å²) >= 11 is 3.44. The van der Waals surface area contributed by atoms with E-state index in [4.69, 9.17) is 9.47 Å². The molecule has 1 aliphatic heterocycles. The van der Waals surface area contributed by atoms with E-state index < -0.39 is 0 Å². The van der Waals surface area contributed by atoms with Gasteiger partial charge in [-0.25, -0.2) is 0 Å². The summed E-state index contributed by atoms with van der Waals surface area (Å²) < 4.78 is 12.1. The van der Waals surface area contributed by atoms with Crippen molar-refractivity contribution in [3.8, 4) is 11.5 Å². The van der Waals surface area contributed by atoms with E-state index in [1.54, 1.807) is 0 Å². The smallest absolute Gasteiger partial charge is 0.231 e. The highest BCUT2D eigenvalue weighted by atomic mass is 79.9. The number of aromatic nitrogens is 1. The van der Waals surface area contributed by atoms with Gasteiger partial charge in [0.15, 0.2) is 17.3 Å². The van der Waals surface area contributed by atoms with Crippen LogP contribution in [0.5, 0.6) is 11.5 Å². The second-order valence-corrected chi connectivity index (χ2v) is 7.85. The van der Waals surface area contributed by atoms with E-state index in [2.05, 4.69) is 20.9 Å². The van der Waals surface area contributed by atoms with Crippen molar-refractivity contribution in [2.75, 3.05) is 6.79 Å². The number of nitrogens with one attached hydrogen (secondary N) is 1. The Labute approximate surface area is 159 Å². The van der Waals surface area contributed by atoms with Crippen LogP contribution in [0, 0.1) is 0 Å². The highest BCUT2D eigenvalue weighted by molar-refractivity contribution is 9.10. The fourth-order valence-corrected chi connectivity index (χ4v) is 4.39. The van der Waals surface area contributed by atoms with Crippen molar-refractivity contribution < 1.29 is 14.3 Å². The molecule has 2 heterocycles. The Morgan fingerprint density at radius 2 is 1.85 bits per heavy atom. The molecule has 1 aliphatic carbocycles. The molecular weight excluding hydrogens is 394 g/mol. The van der Waals surface area contributed by atoms with Crippen LogP contribution in [0.15, 0.2) is 40.9 Å². The summed E-state index contributed by atoms with van der Waals surface area (Å²) in [6, 6.07) is 11.7. The average molecular weight is 412 g/mol. The molecule has 0 bridgehead atoms. The van der Waals surface area contributed by atoms with E-state index in [1.165, 1.54) is 5.69 Å². The number of hydrogen-bond donors (Lipinski definition) is 1. The van der Waals surface area contributed by atoms with Crippen LogP contribution in [0.1, 0.15) is 46.8 Å². The number of ether oxygens (including phenoxy) is 2. The van der Waals surface area contributed by atoms with Crippen molar-refractivity contribution in [2.45, 2.75) is 31.6 Å². The van der Waals surface area contributed by atoms with Gasteiger partial charge in [-0.1, -0.05) is 34.5 Å². The molecule has 0 fully saturated rings. The number of ketones is 1. The number of H-pyrrole nitrogens is 1. The van der Waals surface area contributed by atoms with Crippen molar-refractivity contribution in [1.82, 2.24) is 4.98 Å². The summed E-state index contributed by atoms with van der Waals surface area (Å²) in [6.07, 6.45) is 4.00. The van der Waals surface area contributed by atoms with Gasteiger partial charge in [0.2, 0.25) is 6.79 Å². The van der Waals surface area contributed by atoms with Gasteiger partial charge >= 0.3 is 0 Å². The molecule has 1 N–H and O–H groups in total. The molecule has 0 radical (unpaired) electrons. The maximum absolute atomic E-state index is 13.3. The molecule has 2 aliphatic rings. The first-order chi connectivity index (χ1) is 12.7. The fourth-order valence-electron chi connectivity index (χ4n) is 4.13. The Hall–Kier alpha value is -2.27. The summed E-state index contributed by atoms with van der Waals surface area (Å²) in [6.45, 7) is 0.255. The van der Waals surface area contributed by atoms with E-state index in [-0.39, 0.29) is 18.5 Å². The second kappa shape index (κ2) is 6.16. The predicted octanol–water partition coefficient (Wildman–Crippen LogP) is 5.35. The van der Waals surface area contributed by atoms with Gasteiger partial charge in [-0.05, 0) is 43.0 Å². The Morgan fingerprint density at radius 3 is 2.65 bits per heavy atom. The Kier molecular flexibility index (Phi) is 3.78. The Morgan fingerprint density at radius 1 is 1.08 bits per heavy atom. The van der Waals surface area contributed by atoms with E-state index in [1.807, 2.05) is 36.4 Å². The fraction of sp³-hybridized carbons (Fsp3) is 0.286. The van der Waals surface area contributed by atoms with Crippen molar-refractivity contribution in [3.63, 3.8) is 0 Å². The molecule has 1 atom stereocenters. The zero-order valence-electron chi connectivity index (χ0n) is 14.2. The van der Waals surface area contributed by atoms with Crippen LogP contribution in [-0.4, -0.2) is 17.6 Å². The summed E-state index contributed by atoms with van der Waals surface area (Å²) in [5.74, 6) is 1.60. The number of hydrogen-bond acceptors (Lipinski definition) is 3. The van der Waals surface area contributed by atoms with Crippen LogP contribution in [0.4, 0.5) is 0 Å². The van der Waals surface area contributed by atoms with Gasteiger partial charge in [0.05, 0.1) is 0 Å². The van der Waals surface area contributed by atoms with Gasteiger partial charge in [0.25, 0.3) is 0 Å². The minimum absolute atomic E-state index is 0.122. The number of Topliss-reactive ketones (excluding diaryl/α,β-unsaturated/α-hetero) is 1. The maximum atomic E-state index is 13.3. The first-order valence-corrected chi connectivity index (χ1v) is 9.74. The SMILES string of the molecule is O=C(c1ccc(Br)cc1)C1CCCCc2[nH]c3cc4c(cc3c21)OCO4. The lowest BCUT2D eigenvalue weighted by atomic mass is 9.86. The molecule has 3 aromatic rings. The topological polar surface area (TPSA) is 51.3 Å². The zero-order chi connectivity index (χ0) is 17.7. The number of carbonyl (C=O) groups is 1. The molecular formula is C21H18BrNO3. The van der Waals surface area contributed by atoms with Crippen molar-refractivity contribution in [1.29, 1.82) is 0 Å². The largest absolute Gasteiger partial charge is 0.454 e. The molecule has 4 nitrogen and oxygen atoms in total. The molecule has 5 heteroatoms. The van der Waals surface area contributed by atoms with E-state index in [0.717, 1.165) is 63.7 Å². The third-order valence-corrected chi connectivity index (χ3v) is 5.91. The van der Waals surface area contributed by atoms with Crippen LogP contribution in [0.3, 0.4) is 0 Å². The van der Waals surface area contributed by atoms with Crippen LogP contribution in [0.2, 0.25) is 0 Å². The molecule has 0 saturated carbocycles. The molecule has 0 spiro atoms. The molecule has 0 saturated heterocycles. The van der Waals surface area contributed by atoms with Gasteiger partial charge < -0.3 is 14.5 Å². The molecule has 1 aromatic heterocycles. The van der Waals surface area contributed by atoms with Crippen molar-refractivity contribution >= 4 is 32.6 Å². The van der Waals surface area contributed by atoms with Gasteiger partial charge in [-0.2, -0.15) is 0 Å². The number of halogens is 1. The van der Waals surface area contributed by atoms with Crippen LogP contribution >= 0.6 is 15.9 Å². The van der Waals surface area contributed by atoms with E-state index in [9.17, 15) is 4.79 Å². The lowest BCUT2D eigenvalue weighted by Gasteiger charge is -2.15. The number of aromatic amines is 1. The Bertz CT molecular complexity index is 1010. The predicted molar refractivity (Wildman–Crippen MR) is 103 cm³/mol. The first-order valence-electron chi connectivity index (χ1n) is 8.94. The van der Waals surface area contributed by atoms with Gasteiger partial charge in [-0.3, -0.25) is 4.79 Å². The lowest BCUT2D eigenvalue weighted by molar-refractivity contribution is 0.0955. The number of benzene rings is 2. The summed E-state index contributed by atoms with van der Waals surface area (Å²) in [7, 11) is 0. The maximum Gasteiger partial charge on any atom is 0.231 e. The summed E-state index contributed by atoms with van der Waals surface area (Å²) in [5, 5.41) is 1.08. The van der Waals surface area contributed by atoms with Crippen molar-refractivity contribution in [2.24, 2.45) is 0 Å². The van der Waals surface area contributed by atoms with E-state index >= 15 is 0 Å². The highest BCUT2D eigenvalue weighted by Gasteiger charge is 2.30. The number of carbonyl (C=O) groups excluding carboxylic acids is 1. The zero-order valence-corrected chi connectivity index (χ0v) is 15.8. The van der Waals surface area contributed by atoms with Crippen LogP contribution in [0.25, 0.3) is 10.9 Å². The van der Waals surface area contributed by atoms with Crippen molar-refractivity contribution in [3.05, 3.63) is 57.7 Å². The molecule has 0 amide bonds. The molecule has 132 valence electrons. The normalized spacial score (nSPS) is 18.6. The molecule has 26 heavy (non-hydrogen) atoms. The minimum Gasteiger partial charge on any atom is -0.454 e. The van der Waals surface area contributed by atoms with E-state index in [0.29, 0.717) is 0 Å². The van der Waals surface area contributed by atoms with Gasteiger partial charge in [0.1, 0.15) is 0 Å². The number of fused-ring (bicyclic) bond motifs is 4. The van der Waals surface area contributed by atoms with Crippen LogP contribution < -0.4 is 9.47 Å². The highest BCUT2D eigenvalue weighted by Crippen LogP contribution is 2.43. The minimum atomic E-state index is -0.122. The Balaban J connectivity index is 1.65. The van der Waals surface area contributed by atoms with Gasteiger partial charge in [0, 0.05) is 38.6 Å². The molecule has 2 aromatic carbocycles. The van der Waals surface area contributed by atoms with Gasteiger partial charge in [-0.15, -0.1) is 0 Å². The monoisotopic (exact) mass is 411 g/mol. The lowest BCUT2D eigenvalue weighted by Crippen LogP contribution is -2.13. The third-order valence-electron chi connectivity index (χ3n) is 5.38. The first kappa shape index (κ1) is 15.9. The number of aryl methyl sites for hydroxylation is 1. The standard InChI is InChI=1S/C21H18BrNO3/c22-13-7-5-12(6-8-13)21(24)14-3-1-2-4-16-20(14)15-9-18-19(26-11-25-18)10-17(15)23-16/h5-10,14,23H,1-4,11H2. The number of rotatable bonds is 2. The summed E-state index contributed by atoms with van der Waals surface area (Å²) in [4.78, 5) is 16.9. The second-order valence-electron chi connectivity index (χ2n) is 6.94. The van der Waals surface area contributed by atoms with Crippen LogP contribution in [-0.2, 0) is 6.42 Å².